The van der Waals surface area contributed by atoms with Gasteiger partial charge in [0.1, 0.15) is 18.1 Å². The fourth-order valence-electron chi connectivity index (χ4n) is 2.25. The van der Waals surface area contributed by atoms with Crippen molar-refractivity contribution in [2.45, 2.75) is 26.4 Å². The monoisotopic (exact) mass is 285 g/mol. The molecule has 0 aromatic heterocycles. The predicted molar refractivity (Wildman–Crippen MR) is 85.9 cm³/mol. The zero-order chi connectivity index (χ0) is 15.1. The van der Waals surface area contributed by atoms with Crippen LogP contribution in [0.4, 0.5) is 0 Å². The molecule has 112 valence electrons. The van der Waals surface area contributed by atoms with Gasteiger partial charge in [0.05, 0.1) is 7.11 Å². The summed E-state index contributed by atoms with van der Waals surface area (Å²) in [6.45, 7) is 3.28. The van der Waals surface area contributed by atoms with Gasteiger partial charge in [-0.1, -0.05) is 25.1 Å². The van der Waals surface area contributed by atoms with E-state index in [0.717, 1.165) is 29.9 Å². The molecular weight excluding hydrogens is 262 g/mol. The molecule has 0 atom stereocenters. The zero-order valence-electron chi connectivity index (χ0n) is 12.8. The van der Waals surface area contributed by atoms with E-state index in [9.17, 15) is 0 Å². The molecule has 0 bridgehead atoms. The van der Waals surface area contributed by atoms with Crippen molar-refractivity contribution in [1.29, 1.82) is 0 Å². The standard InChI is InChI=1S/C18H23NO2/c1-3-14-4-7-17(8-5-14)21-13-16-12-15(10-11-19)6-9-18(16)20-2/h4-9,12H,3,10-11,13,19H2,1-2H3. The van der Waals surface area contributed by atoms with Crippen molar-refractivity contribution in [2.24, 2.45) is 5.73 Å². The molecule has 0 heterocycles. The van der Waals surface area contributed by atoms with Gasteiger partial charge >= 0.3 is 0 Å². The van der Waals surface area contributed by atoms with Crippen LogP contribution in [0.5, 0.6) is 11.5 Å². The van der Waals surface area contributed by atoms with Crippen LogP contribution >= 0.6 is 0 Å². The Hall–Kier alpha value is -2.00. The van der Waals surface area contributed by atoms with Crippen molar-refractivity contribution in [3.63, 3.8) is 0 Å². The Morgan fingerprint density at radius 3 is 2.33 bits per heavy atom. The third kappa shape index (κ3) is 4.23. The highest BCUT2D eigenvalue weighted by Gasteiger charge is 2.06. The Kier molecular flexibility index (Phi) is 5.64. The lowest BCUT2D eigenvalue weighted by atomic mass is 10.1. The lowest BCUT2D eigenvalue weighted by Crippen LogP contribution is -2.05. The number of ether oxygens (including phenoxy) is 2. The van der Waals surface area contributed by atoms with Crippen LogP contribution < -0.4 is 15.2 Å². The first-order valence-electron chi connectivity index (χ1n) is 7.34. The Morgan fingerprint density at radius 1 is 1.00 bits per heavy atom. The van der Waals surface area contributed by atoms with Crippen molar-refractivity contribution >= 4 is 0 Å². The minimum Gasteiger partial charge on any atom is -0.496 e. The highest BCUT2D eigenvalue weighted by molar-refractivity contribution is 5.37. The van der Waals surface area contributed by atoms with Gasteiger partial charge in [-0.05, 0) is 54.8 Å². The summed E-state index contributed by atoms with van der Waals surface area (Å²) in [6, 6.07) is 14.3. The molecule has 2 aromatic rings. The lowest BCUT2D eigenvalue weighted by molar-refractivity contribution is 0.296. The third-order valence-corrected chi connectivity index (χ3v) is 3.50. The molecule has 0 radical (unpaired) electrons. The number of nitrogens with two attached hydrogens (primary N) is 1. The van der Waals surface area contributed by atoms with Crippen LogP contribution in [0.15, 0.2) is 42.5 Å². The highest BCUT2D eigenvalue weighted by atomic mass is 16.5. The Bertz CT molecular complexity index is 564. The van der Waals surface area contributed by atoms with Crippen LogP contribution in [0, 0.1) is 0 Å². The molecule has 2 N–H and O–H groups in total. The highest BCUT2D eigenvalue weighted by Crippen LogP contribution is 2.22. The van der Waals surface area contributed by atoms with Crippen molar-refractivity contribution < 1.29 is 9.47 Å². The normalized spacial score (nSPS) is 10.4. The number of aryl methyl sites for hydroxylation is 1. The van der Waals surface area contributed by atoms with E-state index in [1.165, 1.54) is 11.1 Å². The summed E-state index contributed by atoms with van der Waals surface area (Å²) < 4.78 is 11.2. The smallest absolute Gasteiger partial charge is 0.125 e. The van der Waals surface area contributed by atoms with Crippen LogP contribution in [0.1, 0.15) is 23.6 Å². The van der Waals surface area contributed by atoms with Crippen LogP contribution in [0.25, 0.3) is 0 Å². The van der Waals surface area contributed by atoms with Gasteiger partial charge in [0.2, 0.25) is 0 Å². The van der Waals surface area contributed by atoms with E-state index in [1.54, 1.807) is 7.11 Å². The molecule has 0 saturated heterocycles. The first-order valence-corrected chi connectivity index (χ1v) is 7.34. The molecule has 0 aliphatic carbocycles. The molecule has 0 saturated carbocycles. The topological polar surface area (TPSA) is 44.5 Å². The summed E-state index contributed by atoms with van der Waals surface area (Å²) in [5.41, 5.74) is 9.17. The molecule has 3 heteroatoms. The van der Waals surface area contributed by atoms with E-state index in [0.29, 0.717) is 13.2 Å². The third-order valence-electron chi connectivity index (χ3n) is 3.50. The number of hydrogen-bond donors (Lipinski definition) is 1. The molecule has 21 heavy (non-hydrogen) atoms. The first-order chi connectivity index (χ1) is 10.3. The summed E-state index contributed by atoms with van der Waals surface area (Å²) in [6.07, 6.45) is 1.90. The SMILES string of the molecule is CCc1ccc(OCc2cc(CCN)ccc2OC)cc1. The molecular formula is C18H23NO2. The maximum atomic E-state index is 5.86. The van der Waals surface area contributed by atoms with E-state index in [2.05, 4.69) is 25.1 Å². The van der Waals surface area contributed by atoms with Gasteiger partial charge in [0, 0.05) is 5.56 Å². The van der Waals surface area contributed by atoms with E-state index in [-0.39, 0.29) is 0 Å². The lowest BCUT2D eigenvalue weighted by Gasteiger charge is -2.12. The van der Waals surface area contributed by atoms with Gasteiger partial charge in [-0.2, -0.15) is 0 Å². The number of methoxy groups -OCH3 is 1. The summed E-state index contributed by atoms with van der Waals surface area (Å²) >= 11 is 0. The summed E-state index contributed by atoms with van der Waals surface area (Å²) in [4.78, 5) is 0. The maximum Gasteiger partial charge on any atom is 0.125 e. The Balaban J connectivity index is 2.08. The van der Waals surface area contributed by atoms with Gasteiger partial charge in [0.15, 0.2) is 0 Å². The fourth-order valence-corrected chi connectivity index (χ4v) is 2.25. The van der Waals surface area contributed by atoms with Gasteiger partial charge in [-0.3, -0.25) is 0 Å². The fraction of sp³-hybridized carbons (Fsp3) is 0.333. The minimum absolute atomic E-state index is 0.493. The zero-order valence-corrected chi connectivity index (χ0v) is 12.8. The number of hydrogen-bond acceptors (Lipinski definition) is 3. The summed E-state index contributed by atoms with van der Waals surface area (Å²) in [5, 5.41) is 0. The Labute approximate surface area is 126 Å². The van der Waals surface area contributed by atoms with Crippen LogP contribution in [0.3, 0.4) is 0 Å². The quantitative estimate of drug-likeness (QED) is 0.848. The predicted octanol–water partition coefficient (Wildman–Crippen LogP) is 3.34. The van der Waals surface area contributed by atoms with Crippen molar-refractivity contribution in [3.8, 4) is 11.5 Å². The maximum absolute atomic E-state index is 5.86. The molecule has 0 amide bonds. The second-order valence-corrected chi connectivity index (χ2v) is 4.97. The average Bonchev–Trinajstić information content (AvgIpc) is 2.54. The van der Waals surface area contributed by atoms with Crippen LogP contribution in [-0.4, -0.2) is 13.7 Å². The largest absolute Gasteiger partial charge is 0.496 e. The molecule has 2 rings (SSSR count). The molecule has 0 spiro atoms. The molecule has 3 nitrogen and oxygen atoms in total. The second-order valence-electron chi connectivity index (χ2n) is 4.97. The van der Waals surface area contributed by atoms with Crippen LogP contribution in [0.2, 0.25) is 0 Å². The molecule has 0 aliphatic heterocycles. The minimum atomic E-state index is 0.493. The van der Waals surface area contributed by atoms with E-state index >= 15 is 0 Å². The number of rotatable bonds is 7. The van der Waals surface area contributed by atoms with Crippen molar-refractivity contribution in [3.05, 3.63) is 59.2 Å². The van der Waals surface area contributed by atoms with Crippen LogP contribution in [-0.2, 0) is 19.4 Å². The van der Waals surface area contributed by atoms with E-state index in [4.69, 9.17) is 15.2 Å². The first kappa shape index (κ1) is 15.4. The molecule has 2 aromatic carbocycles. The molecule has 0 aliphatic rings. The van der Waals surface area contributed by atoms with Gasteiger partial charge < -0.3 is 15.2 Å². The van der Waals surface area contributed by atoms with Crippen molar-refractivity contribution in [1.82, 2.24) is 0 Å². The summed E-state index contributed by atoms with van der Waals surface area (Å²) in [7, 11) is 1.68. The Morgan fingerprint density at radius 2 is 1.71 bits per heavy atom. The van der Waals surface area contributed by atoms with Crippen molar-refractivity contribution in [2.75, 3.05) is 13.7 Å². The number of benzene rings is 2. The van der Waals surface area contributed by atoms with Gasteiger partial charge in [-0.15, -0.1) is 0 Å². The molecule has 0 unspecified atom stereocenters. The van der Waals surface area contributed by atoms with E-state index < -0.39 is 0 Å². The summed E-state index contributed by atoms with van der Waals surface area (Å²) in [5.74, 6) is 1.72. The second kappa shape index (κ2) is 7.70. The van der Waals surface area contributed by atoms with E-state index in [1.807, 2.05) is 24.3 Å². The van der Waals surface area contributed by atoms with Gasteiger partial charge in [-0.25, -0.2) is 0 Å². The average molecular weight is 285 g/mol. The van der Waals surface area contributed by atoms with Gasteiger partial charge in [0.25, 0.3) is 0 Å². The molecule has 0 fully saturated rings.